The van der Waals surface area contributed by atoms with Gasteiger partial charge in [0.15, 0.2) is 5.13 Å². The topological polar surface area (TPSA) is 16.1 Å². The van der Waals surface area contributed by atoms with Gasteiger partial charge in [-0.25, -0.2) is 4.98 Å². The molecule has 0 saturated carbocycles. The lowest BCUT2D eigenvalue weighted by atomic mass is 10.0. The van der Waals surface area contributed by atoms with Gasteiger partial charge < -0.3 is 4.90 Å². The quantitative estimate of drug-likeness (QED) is 0.772. The Morgan fingerprint density at radius 2 is 2.08 bits per heavy atom. The van der Waals surface area contributed by atoms with E-state index in [4.69, 9.17) is 0 Å². The number of hydrogen-bond acceptors (Lipinski definition) is 3. The van der Waals surface area contributed by atoms with Crippen LogP contribution in [0.5, 0.6) is 0 Å². The predicted octanol–water partition coefficient (Wildman–Crippen LogP) is 3.00. The number of rotatable bonds is 1. The van der Waals surface area contributed by atoms with Crippen molar-refractivity contribution < 1.29 is 0 Å². The zero-order chi connectivity index (χ0) is 9.42. The molecule has 1 aliphatic rings. The number of hydrogen-bond donors (Lipinski definition) is 0. The van der Waals surface area contributed by atoms with Crippen molar-refractivity contribution in [1.29, 1.82) is 0 Å². The molecule has 0 bridgehead atoms. The van der Waals surface area contributed by atoms with E-state index in [-0.39, 0.29) is 0 Å². The molecule has 2 atom stereocenters. The molecule has 0 radical (unpaired) electrons. The van der Waals surface area contributed by atoms with Crippen LogP contribution in [0.15, 0.2) is 9.98 Å². The summed E-state index contributed by atoms with van der Waals surface area (Å²) in [6, 6.07) is 0. The number of anilines is 1. The Bertz CT molecular complexity index is 290. The Kier molecular flexibility index (Phi) is 2.60. The summed E-state index contributed by atoms with van der Waals surface area (Å²) in [6.45, 7) is 6.93. The lowest BCUT2D eigenvalue weighted by molar-refractivity contribution is 0.494. The van der Waals surface area contributed by atoms with Crippen molar-refractivity contribution in [2.24, 2.45) is 11.8 Å². The lowest BCUT2D eigenvalue weighted by Gasteiger charge is -2.13. The van der Waals surface area contributed by atoms with Crippen molar-refractivity contribution in [3.8, 4) is 0 Å². The summed E-state index contributed by atoms with van der Waals surface area (Å²) >= 11 is 5.10. The molecule has 0 spiro atoms. The standard InChI is InChI=1S/C9H13BrN2S/c1-6-3-12(4-7(6)2)9-11-8(10)5-13-9/h5-7H,3-4H2,1-2H3. The molecule has 1 aromatic rings. The molecule has 1 saturated heterocycles. The van der Waals surface area contributed by atoms with Crippen LogP contribution in [-0.4, -0.2) is 18.1 Å². The monoisotopic (exact) mass is 260 g/mol. The second-order valence-corrected chi connectivity index (χ2v) is 5.46. The van der Waals surface area contributed by atoms with Crippen LogP contribution in [0, 0.1) is 11.8 Å². The SMILES string of the molecule is CC1CN(c2nc(Br)cs2)CC1C. The van der Waals surface area contributed by atoms with Crippen molar-refractivity contribution in [2.75, 3.05) is 18.0 Å². The molecule has 2 heterocycles. The Morgan fingerprint density at radius 1 is 1.46 bits per heavy atom. The van der Waals surface area contributed by atoms with Crippen molar-refractivity contribution in [3.05, 3.63) is 9.98 Å². The molecule has 72 valence electrons. The van der Waals surface area contributed by atoms with Crippen LogP contribution in [0.25, 0.3) is 0 Å². The summed E-state index contributed by atoms with van der Waals surface area (Å²) in [5, 5.41) is 3.20. The van der Waals surface area contributed by atoms with Gasteiger partial charge in [0.05, 0.1) is 0 Å². The summed E-state index contributed by atoms with van der Waals surface area (Å²) in [5.41, 5.74) is 0. The van der Waals surface area contributed by atoms with Crippen LogP contribution in [0.4, 0.5) is 5.13 Å². The van der Waals surface area contributed by atoms with Gasteiger partial charge >= 0.3 is 0 Å². The van der Waals surface area contributed by atoms with E-state index in [0.717, 1.165) is 34.7 Å². The molecule has 1 fully saturated rings. The molecule has 1 aromatic heterocycles. The Morgan fingerprint density at radius 3 is 2.54 bits per heavy atom. The van der Waals surface area contributed by atoms with E-state index in [9.17, 15) is 0 Å². The normalized spacial score (nSPS) is 28.4. The molecule has 2 nitrogen and oxygen atoms in total. The van der Waals surface area contributed by atoms with Crippen LogP contribution < -0.4 is 4.90 Å². The fourth-order valence-corrected chi connectivity index (χ4v) is 2.95. The Balaban J connectivity index is 2.11. The third-order valence-electron chi connectivity index (χ3n) is 2.72. The number of halogens is 1. The number of aromatic nitrogens is 1. The maximum atomic E-state index is 4.42. The Labute approximate surface area is 91.1 Å². The average Bonchev–Trinajstić information content (AvgIpc) is 2.61. The van der Waals surface area contributed by atoms with Crippen LogP contribution in [0.1, 0.15) is 13.8 Å². The van der Waals surface area contributed by atoms with Crippen molar-refractivity contribution in [3.63, 3.8) is 0 Å². The summed E-state index contributed by atoms with van der Waals surface area (Å²) < 4.78 is 0.958. The van der Waals surface area contributed by atoms with Crippen molar-refractivity contribution in [1.82, 2.24) is 4.98 Å². The van der Waals surface area contributed by atoms with E-state index >= 15 is 0 Å². The summed E-state index contributed by atoms with van der Waals surface area (Å²) in [4.78, 5) is 6.80. The third kappa shape index (κ3) is 1.89. The second-order valence-electron chi connectivity index (χ2n) is 3.81. The molecule has 0 N–H and O–H groups in total. The minimum atomic E-state index is 0.794. The molecular formula is C9H13BrN2S. The van der Waals surface area contributed by atoms with Gasteiger partial charge in [-0.3, -0.25) is 0 Å². The molecule has 0 aromatic carbocycles. The first kappa shape index (κ1) is 9.46. The lowest BCUT2D eigenvalue weighted by Crippen LogP contribution is -2.19. The van der Waals surface area contributed by atoms with Gasteiger partial charge in [0.2, 0.25) is 0 Å². The van der Waals surface area contributed by atoms with E-state index in [1.807, 2.05) is 5.38 Å². The highest BCUT2D eigenvalue weighted by molar-refractivity contribution is 9.10. The van der Waals surface area contributed by atoms with Gasteiger partial charge in [0.25, 0.3) is 0 Å². The number of thiazole rings is 1. The van der Waals surface area contributed by atoms with E-state index < -0.39 is 0 Å². The first-order valence-corrected chi connectivity index (χ1v) is 6.20. The number of nitrogens with zero attached hydrogens (tertiary/aromatic N) is 2. The molecule has 0 aliphatic carbocycles. The van der Waals surface area contributed by atoms with Gasteiger partial charge in [-0.05, 0) is 27.8 Å². The fourth-order valence-electron chi connectivity index (χ4n) is 1.68. The second kappa shape index (κ2) is 3.58. The molecule has 2 unspecified atom stereocenters. The van der Waals surface area contributed by atoms with Gasteiger partial charge in [-0.15, -0.1) is 11.3 Å². The van der Waals surface area contributed by atoms with Gasteiger partial charge in [-0.1, -0.05) is 13.8 Å². The molecule has 2 rings (SSSR count). The largest absolute Gasteiger partial charge is 0.348 e. The van der Waals surface area contributed by atoms with Crippen molar-refractivity contribution in [2.45, 2.75) is 13.8 Å². The van der Waals surface area contributed by atoms with Gasteiger partial charge in [0, 0.05) is 18.5 Å². The Hall–Kier alpha value is -0.0900. The zero-order valence-corrected chi connectivity index (χ0v) is 10.2. The summed E-state index contributed by atoms with van der Waals surface area (Å²) in [5.74, 6) is 1.59. The first-order valence-electron chi connectivity index (χ1n) is 4.53. The fraction of sp³-hybridized carbons (Fsp3) is 0.667. The maximum Gasteiger partial charge on any atom is 0.186 e. The third-order valence-corrected chi connectivity index (χ3v) is 4.33. The van der Waals surface area contributed by atoms with Crippen LogP contribution in [0.2, 0.25) is 0 Å². The molecule has 4 heteroatoms. The molecule has 0 amide bonds. The zero-order valence-electron chi connectivity index (χ0n) is 7.83. The molecule has 13 heavy (non-hydrogen) atoms. The highest BCUT2D eigenvalue weighted by Gasteiger charge is 2.27. The van der Waals surface area contributed by atoms with Gasteiger partial charge in [-0.2, -0.15) is 0 Å². The van der Waals surface area contributed by atoms with E-state index in [2.05, 4.69) is 39.7 Å². The maximum absolute atomic E-state index is 4.42. The summed E-state index contributed by atoms with van der Waals surface area (Å²) in [6.07, 6.45) is 0. The van der Waals surface area contributed by atoms with E-state index in [1.165, 1.54) is 0 Å². The minimum absolute atomic E-state index is 0.794. The highest BCUT2D eigenvalue weighted by Crippen LogP contribution is 2.30. The van der Waals surface area contributed by atoms with E-state index in [1.54, 1.807) is 11.3 Å². The highest BCUT2D eigenvalue weighted by atomic mass is 79.9. The molecule has 1 aliphatic heterocycles. The van der Waals surface area contributed by atoms with Gasteiger partial charge in [0.1, 0.15) is 4.60 Å². The predicted molar refractivity (Wildman–Crippen MR) is 60.4 cm³/mol. The minimum Gasteiger partial charge on any atom is -0.348 e. The van der Waals surface area contributed by atoms with E-state index in [0.29, 0.717) is 0 Å². The first-order chi connectivity index (χ1) is 6.16. The average molecular weight is 261 g/mol. The van der Waals surface area contributed by atoms with Crippen molar-refractivity contribution >= 4 is 32.4 Å². The van der Waals surface area contributed by atoms with Crippen LogP contribution in [-0.2, 0) is 0 Å². The van der Waals surface area contributed by atoms with Crippen LogP contribution >= 0.6 is 27.3 Å². The molecular weight excluding hydrogens is 248 g/mol. The smallest absolute Gasteiger partial charge is 0.186 e. The van der Waals surface area contributed by atoms with Crippen LogP contribution in [0.3, 0.4) is 0 Å². The summed E-state index contributed by atoms with van der Waals surface area (Å²) in [7, 11) is 0.